The maximum Gasteiger partial charge on any atom is 0.325 e. The van der Waals surface area contributed by atoms with Gasteiger partial charge < -0.3 is 10.0 Å². The minimum absolute atomic E-state index is 0.0407. The molecule has 1 aromatic rings. The van der Waals surface area contributed by atoms with Gasteiger partial charge in [0.2, 0.25) is 5.91 Å². The largest absolute Gasteiger partial charge is 0.480 e. The lowest BCUT2D eigenvalue weighted by Crippen LogP contribution is -2.24. The summed E-state index contributed by atoms with van der Waals surface area (Å²) in [5.41, 5.74) is 0.653. The molecule has 0 aromatic carbocycles. The van der Waals surface area contributed by atoms with Crippen molar-refractivity contribution >= 4 is 30.2 Å². The highest BCUT2D eigenvalue weighted by Gasteiger charge is 2.30. The molecule has 1 aromatic heterocycles. The number of carboxylic acids is 1. The highest BCUT2D eigenvalue weighted by atomic mass is 32.1. The maximum atomic E-state index is 11.7. The second kappa shape index (κ2) is 4.79. The maximum absolute atomic E-state index is 11.7. The summed E-state index contributed by atoms with van der Waals surface area (Å²) >= 11 is 4.18. The average molecular weight is 255 g/mol. The molecule has 17 heavy (non-hydrogen) atoms. The zero-order chi connectivity index (χ0) is 12.4. The first-order valence-corrected chi connectivity index (χ1v) is 5.89. The summed E-state index contributed by atoms with van der Waals surface area (Å²) < 4.78 is 1.30. The van der Waals surface area contributed by atoms with Crippen LogP contribution in [0.2, 0.25) is 0 Å². The van der Waals surface area contributed by atoms with Gasteiger partial charge in [-0.1, -0.05) is 0 Å². The molecule has 1 atom stereocenters. The van der Waals surface area contributed by atoms with Crippen molar-refractivity contribution in [2.75, 3.05) is 17.2 Å². The number of anilines is 1. The number of aliphatic carboxylic acids is 1. The van der Waals surface area contributed by atoms with Gasteiger partial charge in [-0.3, -0.25) is 14.3 Å². The molecule has 6 nitrogen and oxygen atoms in total. The molecular formula is C10H13N3O3S. The summed E-state index contributed by atoms with van der Waals surface area (Å²) in [6.07, 6.45) is 3.59. The Morgan fingerprint density at radius 1 is 1.65 bits per heavy atom. The molecule has 1 aliphatic heterocycles. The minimum Gasteiger partial charge on any atom is -0.480 e. The van der Waals surface area contributed by atoms with E-state index < -0.39 is 5.97 Å². The van der Waals surface area contributed by atoms with Gasteiger partial charge in [0.05, 0.1) is 11.9 Å². The lowest BCUT2D eigenvalue weighted by molar-refractivity contribution is -0.137. The molecule has 1 amide bonds. The number of rotatable bonds is 4. The fraction of sp³-hybridized carbons (Fsp3) is 0.500. The first-order valence-electron chi connectivity index (χ1n) is 5.25. The Morgan fingerprint density at radius 3 is 3.00 bits per heavy atom. The third kappa shape index (κ3) is 2.60. The molecule has 92 valence electrons. The third-order valence-corrected chi connectivity index (χ3v) is 3.21. The molecule has 1 saturated heterocycles. The second-order valence-electron chi connectivity index (χ2n) is 4.05. The Balaban J connectivity index is 2.10. The van der Waals surface area contributed by atoms with Crippen molar-refractivity contribution in [3.8, 4) is 0 Å². The Morgan fingerprint density at radius 2 is 2.41 bits per heavy atom. The van der Waals surface area contributed by atoms with Crippen LogP contribution in [0, 0.1) is 5.92 Å². The zero-order valence-electron chi connectivity index (χ0n) is 9.11. The predicted molar refractivity (Wildman–Crippen MR) is 64.2 cm³/mol. The third-order valence-electron chi connectivity index (χ3n) is 2.69. The van der Waals surface area contributed by atoms with E-state index in [1.54, 1.807) is 11.1 Å². The average Bonchev–Trinajstić information content (AvgIpc) is 2.83. The van der Waals surface area contributed by atoms with Crippen LogP contribution in [0.3, 0.4) is 0 Å². The number of carboxylic acid groups (broad SMARTS) is 1. The Hall–Kier alpha value is -1.50. The summed E-state index contributed by atoms with van der Waals surface area (Å²) in [5, 5.41) is 12.5. The van der Waals surface area contributed by atoms with Crippen LogP contribution < -0.4 is 4.90 Å². The SMILES string of the molecule is O=C(O)Cn1cc(N2CC(CS)CC2=O)cn1. The van der Waals surface area contributed by atoms with Gasteiger partial charge in [0.1, 0.15) is 6.54 Å². The van der Waals surface area contributed by atoms with Crippen molar-refractivity contribution < 1.29 is 14.7 Å². The molecule has 7 heteroatoms. The van der Waals surface area contributed by atoms with Gasteiger partial charge in [-0.2, -0.15) is 17.7 Å². The van der Waals surface area contributed by atoms with E-state index in [4.69, 9.17) is 5.11 Å². The van der Waals surface area contributed by atoms with Crippen LogP contribution in [0.4, 0.5) is 5.69 Å². The van der Waals surface area contributed by atoms with E-state index in [0.29, 0.717) is 24.4 Å². The molecule has 0 saturated carbocycles. The summed E-state index contributed by atoms with van der Waals surface area (Å²) in [4.78, 5) is 23.9. The lowest BCUT2D eigenvalue weighted by atomic mass is 10.1. The van der Waals surface area contributed by atoms with Gasteiger partial charge >= 0.3 is 5.97 Å². The number of nitrogens with zero attached hydrogens (tertiary/aromatic N) is 3. The smallest absolute Gasteiger partial charge is 0.325 e. The van der Waals surface area contributed by atoms with Crippen LogP contribution in [-0.4, -0.2) is 39.1 Å². The van der Waals surface area contributed by atoms with E-state index in [9.17, 15) is 9.59 Å². The van der Waals surface area contributed by atoms with E-state index in [1.807, 2.05) is 0 Å². The summed E-state index contributed by atoms with van der Waals surface area (Å²) in [6.45, 7) is 0.430. The fourth-order valence-corrected chi connectivity index (χ4v) is 2.12. The highest BCUT2D eigenvalue weighted by Crippen LogP contribution is 2.25. The highest BCUT2D eigenvalue weighted by molar-refractivity contribution is 7.80. The number of amides is 1. The summed E-state index contributed by atoms with van der Waals surface area (Å²) in [5.74, 6) is 0.0131. The molecule has 1 fully saturated rings. The van der Waals surface area contributed by atoms with Crippen molar-refractivity contribution in [1.82, 2.24) is 9.78 Å². The first kappa shape index (κ1) is 12.0. The fourth-order valence-electron chi connectivity index (χ4n) is 1.87. The summed E-state index contributed by atoms with van der Waals surface area (Å²) in [7, 11) is 0. The number of carbonyl (C=O) groups excluding carboxylic acids is 1. The topological polar surface area (TPSA) is 75.4 Å². The molecule has 2 rings (SSSR count). The Bertz CT molecular complexity index is 446. The van der Waals surface area contributed by atoms with Gasteiger partial charge in [0.15, 0.2) is 0 Å². The van der Waals surface area contributed by atoms with Crippen molar-refractivity contribution in [2.45, 2.75) is 13.0 Å². The van der Waals surface area contributed by atoms with Crippen LogP contribution in [0.25, 0.3) is 0 Å². The van der Waals surface area contributed by atoms with E-state index >= 15 is 0 Å². The molecule has 0 radical (unpaired) electrons. The van der Waals surface area contributed by atoms with Gasteiger partial charge in [-0.05, 0) is 11.7 Å². The molecule has 1 N–H and O–H groups in total. The molecule has 0 spiro atoms. The number of hydrogen-bond donors (Lipinski definition) is 2. The predicted octanol–water partition coefficient (Wildman–Crippen LogP) is 0.250. The minimum atomic E-state index is -0.958. The molecule has 2 heterocycles. The summed E-state index contributed by atoms with van der Waals surface area (Å²) in [6, 6.07) is 0. The standard InChI is InChI=1S/C10H13N3O3S/c14-9-1-7(6-17)3-13(9)8-2-11-12(4-8)5-10(15)16/h2,4,7,17H,1,3,5-6H2,(H,15,16). The zero-order valence-corrected chi connectivity index (χ0v) is 10.0. The second-order valence-corrected chi connectivity index (χ2v) is 4.41. The number of aromatic nitrogens is 2. The number of carbonyl (C=O) groups is 2. The van der Waals surface area contributed by atoms with Crippen molar-refractivity contribution in [3.05, 3.63) is 12.4 Å². The van der Waals surface area contributed by atoms with Gasteiger partial charge in [0, 0.05) is 19.2 Å². The van der Waals surface area contributed by atoms with Crippen LogP contribution in [0.5, 0.6) is 0 Å². The molecule has 1 unspecified atom stereocenters. The van der Waals surface area contributed by atoms with Crippen molar-refractivity contribution in [1.29, 1.82) is 0 Å². The molecule has 0 bridgehead atoms. The lowest BCUT2D eigenvalue weighted by Gasteiger charge is -2.13. The molecular weight excluding hydrogens is 242 g/mol. The van der Waals surface area contributed by atoms with E-state index in [-0.39, 0.29) is 18.4 Å². The van der Waals surface area contributed by atoms with Gasteiger partial charge in [0.25, 0.3) is 0 Å². The van der Waals surface area contributed by atoms with Crippen molar-refractivity contribution in [2.24, 2.45) is 5.92 Å². The number of hydrogen-bond acceptors (Lipinski definition) is 4. The van der Waals surface area contributed by atoms with E-state index in [1.165, 1.54) is 10.9 Å². The Labute approximate surface area is 104 Å². The van der Waals surface area contributed by atoms with Crippen LogP contribution in [-0.2, 0) is 16.1 Å². The van der Waals surface area contributed by atoms with Gasteiger partial charge in [-0.25, -0.2) is 0 Å². The van der Waals surface area contributed by atoms with Crippen LogP contribution in [0.15, 0.2) is 12.4 Å². The van der Waals surface area contributed by atoms with Crippen LogP contribution >= 0.6 is 12.6 Å². The molecule has 1 aliphatic rings. The molecule has 0 aliphatic carbocycles. The van der Waals surface area contributed by atoms with Gasteiger partial charge in [-0.15, -0.1) is 0 Å². The van der Waals surface area contributed by atoms with E-state index in [0.717, 1.165) is 0 Å². The van der Waals surface area contributed by atoms with Crippen LogP contribution in [0.1, 0.15) is 6.42 Å². The Kier molecular flexibility index (Phi) is 3.37. The first-order chi connectivity index (χ1) is 8.10. The quantitative estimate of drug-likeness (QED) is 0.756. The van der Waals surface area contributed by atoms with Crippen molar-refractivity contribution in [3.63, 3.8) is 0 Å². The monoisotopic (exact) mass is 255 g/mol. The number of thiol groups is 1. The van der Waals surface area contributed by atoms with E-state index in [2.05, 4.69) is 17.7 Å². The normalized spacial score (nSPS) is 19.9.